The van der Waals surface area contributed by atoms with Crippen LogP contribution < -0.4 is 4.74 Å². The van der Waals surface area contributed by atoms with Crippen molar-refractivity contribution in [2.75, 3.05) is 20.7 Å². The maximum absolute atomic E-state index is 8.89. The number of methoxy groups -OCH3 is 1. The molecule has 3 nitrogen and oxygen atoms in total. The van der Waals surface area contributed by atoms with Gasteiger partial charge < -0.3 is 9.64 Å². The number of ether oxygens (including phenoxy) is 1. The lowest BCUT2D eigenvalue weighted by molar-refractivity contribution is 0.341. The van der Waals surface area contributed by atoms with E-state index in [2.05, 4.69) is 18.3 Å². The minimum absolute atomic E-state index is 0.261. The summed E-state index contributed by atoms with van der Waals surface area (Å²) in [5.41, 5.74) is 1.66. The van der Waals surface area contributed by atoms with Gasteiger partial charge in [0.25, 0.3) is 0 Å². The van der Waals surface area contributed by atoms with E-state index < -0.39 is 0 Å². The van der Waals surface area contributed by atoms with E-state index in [1.54, 1.807) is 12.0 Å². The molecule has 0 N–H and O–H groups in total. The third-order valence-corrected chi connectivity index (χ3v) is 4.36. The molecule has 0 amide bonds. The summed E-state index contributed by atoms with van der Waals surface area (Å²) in [6.07, 6.45) is 8.31. The number of hydrogen-bond donors (Lipinski definition) is 0. The first-order chi connectivity index (χ1) is 9.20. The Morgan fingerprint density at radius 3 is 2.42 bits per heavy atom. The highest BCUT2D eigenvalue weighted by molar-refractivity contribution is 5.33. The Morgan fingerprint density at radius 2 is 1.89 bits per heavy atom. The smallest absolute Gasteiger partial charge is 0.179 e. The molecular formula is C16H22N2O. The second kappa shape index (κ2) is 5.97. The van der Waals surface area contributed by atoms with Crippen LogP contribution in [0.1, 0.15) is 37.7 Å². The van der Waals surface area contributed by atoms with Crippen molar-refractivity contribution in [1.29, 1.82) is 5.26 Å². The second-order valence-electron chi connectivity index (χ2n) is 5.49. The SMILES string of the molecule is COc1ccc(C2(CCN(C)C#N)CCCC2)cc1. The summed E-state index contributed by atoms with van der Waals surface area (Å²) in [5.74, 6) is 0.908. The summed E-state index contributed by atoms with van der Waals surface area (Å²) < 4.78 is 5.23. The van der Waals surface area contributed by atoms with Crippen molar-refractivity contribution < 1.29 is 4.74 Å². The molecule has 0 saturated heterocycles. The molecule has 1 saturated carbocycles. The van der Waals surface area contributed by atoms with Crippen LogP contribution in [-0.2, 0) is 5.41 Å². The van der Waals surface area contributed by atoms with Crippen molar-refractivity contribution in [2.24, 2.45) is 0 Å². The van der Waals surface area contributed by atoms with Crippen LogP contribution in [0.2, 0.25) is 0 Å². The van der Waals surface area contributed by atoms with E-state index in [4.69, 9.17) is 10.00 Å². The Labute approximate surface area is 115 Å². The molecule has 2 rings (SSSR count). The number of nitriles is 1. The quantitative estimate of drug-likeness (QED) is 0.600. The van der Waals surface area contributed by atoms with E-state index in [9.17, 15) is 0 Å². The third kappa shape index (κ3) is 3.01. The van der Waals surface area contributed by atoms with Gasteiger partial charge in [0.1, 0.15) is 5.75 Å². The molecule has 0 heterocycles. The van der Waals surface area contributed by atoms with Gasteiger partial charge in [-0.25, -0.2) is 0 Å². The molecule has 0 bridgehead atoms. The predicted molar refractivity (Wildman–Crippen MR) is 76.0 cm³/mol. The molecule has 1 fully saturated rings. The molecule has 1 aromatic carbocycles. The average molecular weight is 258 g/mol. The summed E-state index contributed by atoms with van der Waals surface area (Å²) in [5, 5.41) is 8.89. The van der Waals surface area contributed by atoms with Gasteiger partial charge in [0.15, 0.2) is 6.19 Å². The normalized spacial score (nSPS) is 16.9. The van der Waals surface area contributed by atoms with Crippen LogP contribution in [0.4, 0.5) is 0 Å². The van der Waals surface area contributed by atoms with Gasteiger partial charge in [0, 0.05) is 13.6 Å². The molecule has 102 valence electrons. The Balaban J connectivity index is 2.16. The summed E-state index contributed by atoms with van der Waals surface area (Å²) in [6.45, 7) is 0.836. The molecule has 0 radical (unpaired) electrons. The average Bonchev–Trinajstić information content (AvgIpc) is 2.95. The monoisotopic (exact) mass is 258 g/mol. The molecule has 1 aliphatic carbocycles. The lowest BCUT2D eigenvalue weighted by atomic mass is 9.76. The zero-order valence-electron chi connectivity index (χ0n) is 11.9. The van der Waals surface area contributed by atoms with Crippen LogP contribution in [0.25, 0.3) is 0 Å². The van der Waals surface area contributed by atoms with Crippen molar-refractivity contribution >= 4 is 0 Å². The van der Waals surface area contributed by atoms with E-state index >= 15 is 0 Å². The van der Waals surface area contributed by atoms with Crippen molar-refractivity contribution in [3.8, 4) is 11.9 Å². The molecule has 1 aliphatic rings. The first-order valence-electron chi connectivity index (χ1n) is 6.96. The van der Waals surface area contributed by atoms with Crippen LogP contribution in [0.15, 0.2) is 24.3 Å². The van der Waals surface area contributed by atoms with Crippen molar-refractivity contribution in [3.63, 3.8) is 0 Å². The van der Waals surface area contributed by atoms with E-state index in [1.807, 2.05) is 19.2 Å². The Kier molecular flexibility index (Phi) is 4.31. The molecule has 0 unspecified atom stereocenters. The summed E-state index contributed by atoms with van der Waals surface area (Å²) >= 11 is 0. The van der Waals surface area contributed by atoms with Gasteiger partial charge in [-0.05, 0) is 42.4 Å². The zero-order valence-corrected chi connectivity index (χ0v) is 11.9. The number of rotatable bonds is 5. The van der Waals surface area contributed by atoms with Crippen LogP contribution in [-0.4, -0.2) is 25.6 Å². The highest BCUT2D eigenvalue weighted by Crippen LogP contribution is 2.44. The maximum Gasteiger partial charge on any atom is 0.179 e. The Hall–Kier alpha value is -1.69. The molecule has 3 heteroatoms. The van der Waals surface area contributed by atoms with Crippen molar-refractivity contribution in [2.45, 2.75) is 37.5 Å². The number of benzene rings is 1. The minimum Gasteiger partial charge on any atom is -0.497 e. The maximum atomic E-state index is 8.89. The predicted octanol–water partition coefficient (Wildman–Crippen LogP) is 3.31. The van der Waals surface area contributed by atoms with Gasteiger partial charge in [-0.2, -0.15) is 5.26 Å². The number of nitrogens with zero attached hydrogens (tertiary/aromatic N) is 2. The van der Waals surface area contributed by atoms with E-state index in [-0.39, 0.29) is 5.41 Å². The van der Waals surface area contributed by atoms with Crippen LogP contribution in [0.5, 0.6) is 5.75 Å². The fourth-order valence-corrected chi connectivity index (χ4v) is 3.11. The van der Waals surface area contributed by atoms with Crippen molar-refractivity contribution in [1.82, 2.24) is 4.90 Å². The fourth-order valence-electron chi connectivity index (χ4n) is 3.11. The lowest BCUT2D eigenvalue weighted by Crippen LogP contribution is -2.27. The summed E-state index contributed by atoms with van der Waals surface area (Å²) in [4.78, 5) is 1.73. The first-order valence-corrected chi connectivity index (χ1v) is 6.96. The minimum atomic E-state index is 0.261. The largest absolute Gasteiger partial charge is 0.497 e. The summed E-state index contributed by atoms with van der Waals surface area (Å²) in [7, 11) is 3.55. The molecule has 0 aromatic heterocycles. The van der Waals surface area contributed by atoms with Gasteiger partial charge in [0.2, 0.25) is 0 Å². The highest BCUT2D eigenvalue weighted by atomic mass is 16.5. The third-order valence-electron chi connectivity index (χ3n) is 4.36. The van der Waals surface area contributed by atoms with Crippen LogP contribution >= 0.6 is 0 Å². The molecular weight excluding hydrogens is 236 g/mol. The lowest BCUT2D eigenvalue weighted by Gasteiger charge is -2.31. The van der Waals surface area contributed by atoms with E-state index in [1.165, 1.54) is 31.2 Å². The van der Waals surface area contributed by atoms with E-state index in [0.717, 1.165) is 18.7 Å². The Morgan fingerprint density at radius 1 is 1.26 bits per heavy atom. The second-order valence-corrected chi connectivity index (χ2v) is 5.49. The molecule has 0 atom stereocenters. The number of hydrogen-bond acceptors (Lipinski definition) is 3. The Bertz CT molecular complexity index is 441. The molecule has 0 aliphatic heterocycles. The van der Waals surface area contributed by atoms with Gasteiger partial charge in [-0.1, -0.05) is 25.0 Å². The first kappa shape index (κ1) is 13.7. The zero-order chi connectivity index (χ0) is 13.7. The van der Waals surface area contributed by atoms with Gasteiger partial charge >= 0.3 is 0 Å². The standard InChI is InChI=1S/C16H22N2O/c1-18(13-17)12-11-16(9-3-4-10-16)14-5-7-15(19-2)8-6-14/h5-8H,3-4,9-12H2,1-2H3. The van der Waals surface area contributed by atoms with E-state index in [0.29, 0.717) is 0 Å². The van der Waals surface area contributed by atoms with Gasteiger partial charge in [-0.15, -0.1) is 0 Å². The van der Waals surface area contributed by atoms with Crippen LogP contribution in [0.3, 0.4) is 0 Å². The summed E-state index contributed by atoms with van der Waals surface area (Å²) in [6, 6.07) is 8.47. The van der Waals surface area contributed by atoms with Gasteiger partial charge in [0.05, 0.1) is 7.11 Å². The molecule has 1 aromatic rings. The topological polar surface area (TPSA) is 36.3 Å². The van der Waals surface area contributed by atoms with Crippen LogP contribution in [0, 0.1) is 11.5 Å². The molecule has 0 spiro atoms. The fraction of sp³-hybridized carbons (Fsp3) is 0.562. The molecule has 19 heavy (non-hydrogen) atoms. The highest BCUT2D eigenvalue weighted by Gasteiger charge is 2.35. The van der Waals surface area contributed by atoms with Gasteiger partial charge in [-0.3, -0.25) is 0 Å². The van der Waals surface area contributed by atoms with Crippen molar-refractivity contribution in [3.05, 3.63) is 29.8 Å².